The summed E-state index contributed by atoms with van der Waals surface area (Å²) in [5.41, 5.74) is 0.904. The highest BCUT2D eigenvalue weighted by Gasteiger charge is 2.52. The lowest BCUT2D eigenvalue weighted by atomic mass is 9.92. The van der Waals surface area contributed by atoms with E-state index < -0.39 is 5.60 Å². The number of rotatable bonds is 5. The predicted molar refractivity (Wildman–Crippen MR) is 98.4 cm³/mol. The summed E-state index contributed by atoms with van der Waals surface area (Å²) < 4.78 is 5.79. The molecule has 0 N–H and O–H groups in total. The Hall–Kier alpha value is -3.11. The minimum atomic E-state index is -0.944. The predicted octanol–water partition coefficient (Wildman–Crippen LogP) is 4.67. The zero-order valence-corrected chi connectivity index (χ0v) is 14.5. The molecular weight excluding hydrogens is 326 g/mol. The van der Waals surface area contributed by atoms with Gasteiger partial charge in [-0.1, -0.05) is 60.7 Å². The third-order valence-corrected chi connectivity index (χ3v) is 4.48. The number of ether oxygens (including phenoxy) is 1. The molecule has 1 saturated heterocycles. The molecule has 130 valence electrons. The Kier molecular flexibility index (Phi) is 4.19. The smallest absolute Gasteiger partial charge is 0.285 e. The molecule has 1 heterocycles. The van der Waals surface area contributed by atoms with Crippen LogP contribution in [0.5, 0.6) is 11.5 Å². The number of carbonyl (C=O) groups excluding carboxylic acids is 1. The molecule has 4 nitrogen and oxygen atoms in total. The van der Waals surface area contributed by atoms with Crippen molar-refractivity contribution in [2.75, 3.05) is 0 Å². The van der Waals surface area contributed by atoms with Crippen LogP contribution in [-0.2, 0) is 21.8 Å². The Morgan fingerprint density at radius 1 is 0.846 bits per heavy atom. The van der Waals surface area contributed by atoms with Crippen molar-refractivity contribution >= 4 is 5.91 Å². The van der Waals surface area contributed by atoms with E-state index in [1.807, 2.05) is 84.9 Å². The van der Waals surface area contributed by atoms with Gasteiger partial charge in [-0.25, -0.2) is 9.90 Å². The van der Waals surface area contributed by atoms with Crippen LogP contribution in [0.15, 0.2) is 84.9 Å². The summed E-state index contributed by atoms with van der Waals surface area (Å²) >= 11 is 0. The van der Waals surface area contributed by atoms with E-state index in [2.05, 4.69) is 0 Å². The molecule has 4 heteroatoms. The van der Waals surface area contributed by atoms with Crippen LogP contribution in [0.4, 0.5) is 0 Å². The molecular formula is C22H19NO3. The lowest BCUT2D eigenvalue weighted by molar-refractivity contribution is -0.312. The number of hydroxylamine groups is 2. The summed E-state index contributed by atoms with van der Waals surface area (Å²) in [5, 5.41) is 1.41. The van der Waals surface area contributed by atoms with Crippen LogP contribution in [-0.4, -0.2) is 11.0 Å². The van der Waals surface area contributed by atoms with Crippen molar-refractivity contribution in [3.63, 3.8) is 0 Å². The van der Waals surface area contributed by atoms with Gasteiger partial charge in [0, 0.05) is 0 Å². The summed E-state index contributed by atoms with van der Waals surface area (Å²) in [4.78, 5) is 18.5. The molecule has 0 aliphatic carbocycles. The average Bonchev–Trinajstić information content (AvgIpc) is 2.69. The van der Waals surface area contributed by atoms with Gasteiger partial charge >= 0.3 is 0 Å². The molecule has 1 aliphatic rings. The number of carbonyl (C=O) groups is 1. The van der Waals surface area contributed by atoms with E-state index in [-0.39, 0.29) is 5.91 Å². The fraction of sp³-hybridized carbons (Fsp3) is 0.136. The van der Waals surface area contributed by atoms with E-state index in [1.54, 1.807) is 6.92 Å². The maximum atomic E-state index is 12.6. The molecule has 1 atom stereocenters. The van der Waals surface area contributed by atoms with Crippen molar-refractivity contribution in [3.05, 3.63) is 96.1 Å². The van der Waals surface area contributed by atoms with Crippen LogP contribution in [0.3, 0.4) is 0 Å². The highest BCUT2D eigenvalue weighted by Crippen LogP contribution is 2.39. The quantitative estimate of drug-likeness (QED) is 0.675. The maximum absolute atomic E-state index is 12.6. The second-order valence-corrected chi connectivity index (χ2v) is 6.39. The van der Waals surface area contributed by atoms with Gasteiger partial charge in [-0.2, -0.15) is 0 Å². The lowest BCUT2D eigenvalue weighted by Crippen LogP contribution is -2.60. The van der Waals surface area contributed by atoms with Gasteiger partial charge in [-0.15, -0.1) is 0 Å². The zero-order chi connectivity index (χ0) is 18.0. The molecule has 1 unspecified atom stereocenters. The number of nitrogens with zero attached hydrogens (tertiary/aromatic N) is 1. The summed E-state index contributed by atoms with van der Waals surface area (Å²) in [6.07, 6.45) is 0. The number of amides is 1. The number of para-hydroxylation sites is 1. The fourth-order valence-electron chi connectivity index (χ4n) is 2.99. The fourth-order valence-corrected chi connectivity index (χ4v) is 2.99. The summed E-state index contributed by atoms with van der Waals surface area (Å²) in [6, 6.07) is 26.8. The largest absolute Gasteiger partial charge is 0.457 e. The van der Waals surface area contributed by atoms with Gasteiger partial charge in [0.05, 0.1) is 6.54 Å². The molecule has 0 bridgehead atoms. The SMILES string of the molecule is CC1(c2ccc(Oc3ccccc3)cc2)ON(Cc2ccccc2)C1=O. The molecule has 0 aromatic heterocycles. The van der Waals surface area contributed by atoms with Crippen LogP contribution in [0.1, 0.15) is 18.1 Å². The summed E-state index contributed by atoms with van der Waals surface area (Å²) in [7, 11) is 0. The van der Waals surface area contributed by atoms with Gasteiger partial charge in [0.1, 0.15) is 11.5 Å². The van der Waals surface area contributed by atoms with Gasteiger partial charge in [-0.3, -0.25) is 4.79 Å². The van der Waals surface area contributed by atoms with Crippen LogP contribution in [0.25, 0.3) is 0 Å². The molecule has 3 aromatic carbocycles. The van der Waals surface area contributed by atoms with Crippen molar-refractivity contribution < 1.29 is 14.4 Å². The van der Waals surface area contributed by atoms with Crippen molar-refractivity contribution in [1.82, 2.24) is 5.06 Å². The van der Waals surface area contributed by atoms with E-state index in [4.69, 9.17) is 9.57 Å². The van der Waals surface area contributed by atoms with Crippen LogP contribution >= 0.6 is 0 Å². The second-order valence-electron chi connectivity index (χ2n) is 6.39. The van der Waals surface area contributed by atoms with E-state index in [9.17, 15) is 4.79 Å². The first kappa shape index (κ1) is 16.4. The minimum Gasteiger partial charge on any atom is -0.457 e. The molecule has 3 aromatic rings. The Morgan fingerprint density at radius 2 is 1.42 bits per heavy atom. The molecule has 0 radical (unpaired) electrons. The van der Waals surface area contributed by atoms with E-state index in [0.717, 1.165) is 22.6 Å². The first-order chi connectivity index (χ1) is 12.6. The van der Waals surface area contributed by atoms with E-state index in [0.29, 0.717) is 6.54 Å². The molecule has 26 heavy (non-hydrogen) atoms. The van der Waals surface area contributed by atoms with Gasteiger partial charge in [0.25, 0.3) is 5.91 Å². The second kappa shape index (κ2) is 6.65. The lowest BCUT2D eigenvalue weighted by Gasteiger charge is -2.45. The Bertz CT molecular complexity index is 894. The van der Waals surface area contributed by atoms with Gasteiger partial charge in [0.2, 0.25) is 0 Å². The van der Waals surface area contributed by atoms with Crippen LogP contribution in [0, 0.1) is 0 Å². The van der Waals surface area contributed by atoms with E-state index >= 15 is 0 Å². The topological polar surface area (TPSA) is 38.8 Å². The van der Waals surface area contributed by atoms with Crippen LogP contribution < -0.4 is 4.74 Å². The van der Waals surface area contributed by atoms with Gasteiger partial charge in [-0.05, 0) is 42.3 Å². The van der Waals surface area contributed by atoms with Crippen molar-refractivity contribution in [2.24, 2.45) is 0 Å². The Morgan fingerprint density at radius 3 is 2.04 bits per heavy atom. The Labute approximate surface area is 152 Å². The van der Waals surface area contributed by atoms with Crippen molar-refractivity contribution in [3.8, 4) is 11.5 Å². The highest BCUT2D eigenvalue weighted by molar-refractivity contribution is 5.89. The summed E-state index contributed by atoms with van der Waals surface area (Å²) in [5.74, 6) is 1.45. The van der Waals surface area contributed by atoms with Gasteiger partial charge in [0.15, 0.2) is 5.60 Å². The number of hydrogen-bond donors (Lipinski definition) is 0. The molecule has 1 aliphatic heterocycles. The third-order valence-electron chi connectivity index (χ3n) is 4.48. The molecule has 1 fully saturated rings. The monoisotopic (exact) mass is 345 g/mol. The molecule has 1 amide bonds. The van der Waals surface area contributed by atoms with Gasteiger partial charge < -0.3 is 4.74 Å². The standard InChI is InChI=1S/C22H19NO3/c1-22(21(24)23(26-22)16-17-8-4-2-5-9-17)18-12-14-20(15-13-18)25-19-10-6-3-7-11-19/h2-15H,16H2,1H3. The maximum Gasteiger partial charge on any atom is 0.285 e. The molecule has 0 spiro atoms. The molecule has 0 saturated carbocycles. The highest BCUT2D eigenvalue weighted by atomic mass is 16.7. The molecule has 4 rings (SSSR count). The number of benzene rings is 3. The first-order valence-electron chi connectivity index (χ1n) is 8.54. The van der Waals surface area contributed by atoms with E-state index in [1.165, 1.54) is 5.06 Å². The normalized spacial score (nSPS) is 19.1. The third kappa shape index (κ3) is 3.07. The first-order valence-corrected chi connectivity index (χ1v) is 8.54. The zero-order valence-electron chi connectivity index (χ0n) is 14.5. The van der Waals surface area contributed by atoms with Crippen LogP contribution in [0.2, 0.25) is 0 Å². The summed E-state index contributed by atoms with van der Waals surface area (Å²) in [6.45, 7) is 2.24. The number of hydrogen-bond acceptors (Lipinski definition) is 3. The minimum absolute atomic E-state index is 0.0434. The average molecular weight is 345 g/mol. The van der Waals surface area contributed by atoms with Crippen molar-refractivity contribution in [1.29, 1.82) is 0 Å². The Balaban J connectivity index is 1.43. The van der Waals surface area contributed by atoms with Crippen molar-refractivity contribution in [2.45, 2.75) is 19.1 Å².